The Kier molecular flexibility index (Phi) is 3.38. The summed E-state index contributed by atoms with van der Waals surface area (Å²) in [5.74, 6) is 1.77. The molecule has 0 aromatic carbocycles. The predicted octanol–water partition coefficient (Wildman–Crippen LogP) is 0.947. The highest BCUT2D eigenvalue weighted by molar-refractivity contribution is 5.83. The highest BCUT2D eigenvalue weighted by atomic mass is 16.5. The molecular weight excluding hydrogens is 280 g/mol. The van der Waals surface area contributed by atoms with Crippen molar-refractivity contribution in [2.24, 2.45) is 16.6 Å². The Bertz CT molecular complexity index is 618. The van der Waals surface area contributed by atoms with Crippen LogP contribution in [-0.4, -0.2) is 35.3 Å². The van der Waals surface area contributed by atoms with Gasteiger partial charge in [0.1, 0.15) is 11.9 Å². The molecule has 0 spiro atoms. The first-order valence-electron chi connectivity index (χ1n) is 7.85. The molecule has 1 aliphatic heterocycles. The van der Waals surface area contributed by atoms with Crippen LogP contribution in [0.3, 0.4) is 0 Å². The number of methoxy groups -OCH3 is 1. The Morgan fingerprint density at radius 2 is 2.32 bits per heavy atom. The van der Waals surface area contributed by atoms with Crippen LogP contribution in [0.2, 0.25) is 0 Å². The van der Waals surface area contributed by atoms with Gasteiger partial charge in [-0.25, -0.2) is 4.98 Å². The minimum absolute atomic E-state index is 0.0404. The molecule has 2 aliphatic carbocycles. The van der Waals surface area contributed by atoms with Crippen LogP contribution in [0.15, 0.2) is 23.5 Å². The van der Waals surface area contributed by atoms with E-state index in [0.29, 0.717) is 17.9 Å². The molecule has 1 fully saturated rings. The van der Waals surface area contributed by atoms with Gasteiger partial charge in [0.25, 0.3) is 0 Å². The number of hydrogen-bond acceptors (Lipinski definition) is 6. The standard InChI is InChI=1S/C15H22N6O/c1-22-7-9-2-5-11(6-9)21-8-17-12-13(18-10-3-4-10)19-15(16)20-14(12)21/h2,5,8-11,13,18H,3-4,6-7H2,1H3,(H3,16,19,20)/t9-,11?,13?/m1/s1. The van der Waals surface area contributed by atoms with Crippen molar-refractivity contribution < 1.29 is 4.74 Å². The number of guanidine groups is 1. The first-order chi connectivity index (χ1) is 10.7. The van der Waals surface area contributed by atoms with Gasteiger partial charge in [0.05, 0.1) is 19.0 Å². The van der Waals surface area contributed by atoms with Gasteiger partial charge >= 0.3 is 0 Å². The molecule has 4 N–H and O–H groups in total. The van der Waals surface area contributed by atoms with E-state index in [9.17, 15) is 0 Å². The van der Waals surface area contributed by atoms with Crippen molar-refractivity contribution >= 4 is 11.8 Å². The number of fused-ring (bicyclic) bond motifs is 1. The zero-order valence-electron chi connectivity index (χ0n) is 12.7. The van der Waals surface area contributed by atoms with Crippen molar-refractivity contribution in [1.29, 1.82) is 0 Å². The molecule has 0 radical (unpaired) electrons. The van der Waals surface area contributed by atoms with Gasteiger partial charge in [-0.2, -0.15) is 4.99 Å². The van der Waals surface area contributed by atoms with E-state index in [0.717, 1.165) is 24.5 Å². The number of nitrogens with two attached hydrogens (primary N) is 1. The molecule has 7 nitrogen and oxygen atoms in total. The van der Waals surface area contributed by atoms with Crippen LogP contribution in [0.5, 0.6) is 0 Å². The lowest BCUT2D eigenvalue weighted by Gasteiger charge is -2.24. The van der Waals surface area contributed by atoms with E-state index in [-0.39, 0.29) is 12.2 Å². The van der Waals surface area contributed by atoms with Crippen LogP contribution < -0.4 is 16.4 Å². The van der Waals surface area contributed by atoms with E-state index >= 15 is 0 Å². The number of nitrogens with zero attached hydrogens (tertiary/aromatic N) is 3. The highest BCUT2D eigenvalue weighted by Crippen LogP contribution is 2.36. The average Bonchev–Trinajstić information content (AvgIpc) is 3.02. The minimum Gasteiger partial charge on any atom is -0.384 e. The fraction of sp³-hybridized carbons (Fsp3) is 0.600. The van der Waals surface area contributed by atoms with Gasteiger partial charge in [-0.1, -0.05) is 12.2 Å². The van der Waals surface area contributed by atoms with E-state index < -0.39 is 0 Å². The lowest BCUT2D eigenvalue weighted by molar-refractivity contribution is 0.166. The fourth-order valence-corrected chi connectivity index (χ4v) is 3.20. The number of nitrogens with one attached hydrogen (secondary N) is 2. The first-order valence-corrected chi connectivity index (χ1v) is 7.85. The van der Waals surface area contributed by atoms with Crippen LogP contribution in [0, 0.1) is 5.92 Å². The average molecular weight is 302 g/mol. The lowest BCUT2D eigenvalue weighted by atomic mass is 10.1. The molecule has 1 aromatic rings. The summed E-state index contributed by atoms with van der Waals surface area (Å²) in [7, 11) is 1.74. The zero-order valence-corrected chi connectivity index (χ0v) is 12.7. The first kappa shape index (κ1) is 13.8. The van der Waals surface area contributed by atoms with Crippen molar-refractivity contribution in [2.75, 3.05) is 13.7 Å². The maximum absolute atomic E-state index is 5.96. The largest absolute Gasteiger partial charge is 0.384 e. The summed E-state index contributed by atoms with van der Waals surface area (Å²) < 4.78 is 7.37. The van der Waals surface area contributed by atoms with Gasteiger partial charge in [0.2, 0.25) is 0 Å². The molecule has 0 saturated heterocycles. The molecule has 3 aliphatic rings. The van der Waals surface area contributed by atoms with Gasteiger partial charge in [0.15, 0.2) is 11.8 Å². The molecule has 2 unspecified atom stereocenters. The van der Waals surface area contributed by atoms with Gasteiger partial charge in [-0.3, -0.25) is 5.32 Å². The van der Waals surface area contributed by atoms with E-state index in [1.807, 2.05) is 6.33 Å². The van der Waals surface area contributed by atoms with Gasteiger partial charge in [-0.15, -0.1) is 0 Å². The van der Waals surface area contributed by atoms with Crippen molar-refractivity contribution in [1.82, 2.24) is 20.2 Å². The topological polar surface area (TPSA) is 89.5 Å². The summed E-state index contributed by atoms with van der Waals surface area (Å²) in [6.45, 7) is 0.753. The number of hydrogen-bond donors (Lipinski definition) is 3. The predicted molar refractivity (Wildman–Crippen MR) is 83.7 cm³/mol. The second-order valence-corrected chi connectivity index (χ2v) is 6.28. The zero-order chi connectivity index (χ0) is 15.1. The summed E-state index contributed by atoms with van der Waals surface area (Å²) in [6.07, 6.45) is 9.71. The van der Waals surface area contributed by atoms with E-state index in [1.54, 1.807) is 7.11 Å². The van der Waals surface area contributed by atoms with Crippen molar-refractivity contribution in [3.05, 3.63) is 24.2 Å². The normalized spacial score (nSPS) is 30.0. The van der Waals surface area contributed by atoms with Crippen molar-refractivity contribution in [3.8, 4) is 0 Å². The van der Waals surface area contributed by atoms with E-state index in [1.165, 1.54) is 12.8 Å². The molecule has 1 aromatic heterocycles. The Hall–Kier alpha value is -1.86. The van der Waals surface area contributed by atoms with Crippen LogP contribution in [0.4, 0.5) is 5.82 Å². The minimum atomic E-state index is -0.0404. The summed E-state index contributed by atoms with van der Waals surface area (Å²) in [4.78, 5) is 9.06. The van der Waals surface area contributed by atoms with Crippen LogP contribution in [0.1, 0.15) is 37.2 Å². The third-order valence-electron chi connectivity index (χ3n) is 4.45. The Morgan fingerprint density at radius 1 is 1.45 bits per heavy atom. The maximum Gasteiger partial charge on any atom is 0.196 e. The van der Waals surface area contributed by atoms with Crippen LogP contribution >= 0.6 is 0 Å². The fourth-order valence-electron chi connectivity index (χ4n) is 3.20. The molecule has 118 valence electrons. The number of aliphatic imine (C=N–C) groups is 1. The maximum atomic E-state index is 5.96. The number of aromatic nitrogens is 2. The number of rotatable bonds is 5. The third kappa shape index (κ3) is 2.50. The summed E-state index contributed by atoms with van der Waals surface area (Å²) in [5, 5.41) is 6.71. The van der Waals surface area contributed by atoms with Crippen molar-refractivity contribution in [2.45, 2.75) is 37.5 Å². The molecule has 0 amide bonds. The molecule has 1 saturated carbocycles. The molecule has 22 heavy (non-hydrogen) atoms. The van der Waals surface area contributed by atoms with E-state index in [2.05, 4.69) is 37.3 Å². The number of imidazole rings is 1. The number of ether oxygens (including phenoxy) is 1. The Balaban J connectivity index is 1.58. The van der Waals surface area contributed by atoms with Crippen LogP contribution in [-0.2, 0) is 4.74 Å². The summed E-state index contributed by atoms with van der Waals surface area (Å²) >= 11 is 0. The quantitative estimate of drug-likeness (QED) is 0.705. The second-order valence-electron chi connectivity index (χ2n) is 6.28. The Morgan fingerprint density at radius 3 is 3.09 bits per heavy atom. The number of allylic oxidation sites excluding steroid dienone is 1. The van der Waals surface area contributed by atoms with E-state index in [4.69, 9.17) is 10.5 Å². The van der Waals surface area contributed by atoms with Gasteiger partial charge < -0.3 is 20.4 Å². The van der Waals surface area contributed by atoms with Gasteiger partial charge in [0, 0.05) is 19.1 Å². The van der Waals surface area contributed by atoms with Crippen LogP contribution in [0.25, 0.3) is 0 Å². The molecule has 3 atom stereocenters. The smallest absolute Gasteiger partial charge is 0.196 e. The molecular formula is C15H22N6O. The molecule has 4 rings (SSSR count). The SMILES string of the molecule is COC[C@@H]1C=CC(n2cnc3c2N=C(N)NC3NC2CC2)C1. The van der Waals surface area contributed by atoms with Gasteiger partial charge in [-0.05, 0) is 19.3 Å². The monoisotopic (exact) mass is 302 g/mol. The summed E-state index contributed by atoms with van der Waals surface area (Å²) in [6, 6.07) is 0.839. The Labute approximate surface area is 129 Å². The van der Waals surface area contributed by atoms with Crippen molar-refractivity contribution in [3.63, 3.8) is 0 Å². The highest BCUT2D eigenvalue weighted by Gasteiger charge is 2.33. The molecule has 7 heteroatoms. The molecule has 0 bridgehead atoms. The third-order valence-corrected chi connectivity index (χ3v) is 4.45. The summed E-state index contributed by atoms with van der Waals surface area (Å²) in [5.41, 5.74) is 6.89. The molecule has 2 heterocycles. The lowest BCUT2D eigenvalue weighted by Crippen LogP contribution is -2.44. The second kappa shape index (κ2) is 5.40.